The van der Waals surface area contributed by atoms with Crippen molar-refractivity contribution in [3.8, 4) is 22.8 Å². The van der Waals surface area contributed by atoms with E-state index in [9.17, 15) is 8.42 Å². The number of piperidine rings is 1. The first-order valence-corrected chi connectivity index (χ1v) is 14.2. The number of hydrogen-bond donors (Lipinski definition) is 1. The topological polar surface area (TPSA) is 102 Å². The van der Waals surface area contributed by atoms with E-state index in [1.165, 1.54) is 0 Å². The van der Waals surface area contributed by atoms with Crippen LogP contribution < -0.4 is 10.1 Å². The molecule has 0 saturated carbocycles. The molecular formula is C24H28N6O3S2. The Kier molecular flexibility index (Phi) is 6.72. The van der Waals surface area contributed by atoms with E-state index in [4.69, 9.17) is 9.72 Å². The third-order valence-corrected chi connectivity index (χ3v) is 8.85. The first-order valence-electron chi connectivity index (χ1n) is 11.7. The Morgan fingerprint density at radius 3 is 2.86 bits per heavy atom. The van der Waals surface area contributed by atoms with Gasteiger partial charge in [0, 0.05) is 55.8 Å². The SMILES string of the molecule is CCn1cc(-c2cc(Oc3ccc4nc(NC5CCCN(S(=O)(=O)CC)C5)sc4c3)ccn2)cn1. The molecule has 4 heterocycles. The third kappa shape index (κ3) is 5.31. The maximum Gasteiger partial charge on any atom is 0.213 e. The van der Waals surface area contributed by atoms with E-state index in [0.717, 1.165) is 46.0 Å². The van der Waals surface area contributed by atoms with Gasteiger partial charge in [-0.15, -0.1) is 0 Å². The van der Waals surface area contributed by atoms with Gasteiger partial charge in [0.1, 0.15) is 11.5 Å². The number of anilines is 1. The van der Waals surface area contributed by atoms with E-state index in [2.05, 4.69) is 15.4 Å². The molecule has 1 unspecified atom stereocenters. The fourth-order valence-corrected chi connectivity index (χ4v) is 6.29. The fraction of sp³-hybridized carbons (Fsp3) is 0.375. The van der Waals surface area contributed by atoms with Crippen LogP contribution in [0.2, 0.25) is 0 Å². The van der Waals surface area contributed by atoms with Crippen LogP contribution >= 0.6 is 11.3 Å². The maximum atomic E-state index is 12.3. The van der Waals surface area contributed by atoms with Crippen molar-refractivity contribution < 1.29 is 13.2 Å². The van der Waals surface area contributed by atoms with Gasteiger partial charge in [-0.1, -0.05) is 11.3 Å². The molecule has 1 N–H and O–H groups in total. The molecule has 9 nitrogen and oxygen atoms in total. The summed E-state index contributed by atoms with van der Waals surface area (Å²) in [5, 5.41) is 8.55. The number of sulfonamides is 1. The number of hydrogen-bond acceptors (Lipinski definition) is 8. The van der Waals surface area contributed by atoms with Crippen LogP contribution in [0.1, 0.15) is 26.7 Å². The zero-order chi connectivity index (χ0) is 24.4. The Morgan fingerprint density at radius 1 is 1.20 bits per heavy atom. The predicted octanol–water partition coefficient (Wildman–Crippen LogP) is 4.59. The molecule has 0 spiro atoms. The zero-order valence-electron chi connectivity index (χ0n) is 19.7. The first kappa shape index (κ1) is 23.7. The second-order valence-corrected chi connectivity index (χ2v) is 11.7. The lowest BCUT2D eigenvalue weighted by molar-refractivity contribution is 0.327. The van der Waals surface area contributed by atoms with E-state index in [0.29, 0.717) is 24.6 Å². The number of thiazole rings is 1. The monoisotopic (exact) mass is 512 g/mol. The molecule has 1 atom stereocenters. The quantitative estimate of drug-likeness (QED) is 0.368. The number of nitrogens with zero attached hydrogens (tertiary/aromatic N) is 5. The number of aryl methyl sites for hydroxylation is 1. The first-order chi connectivity index (χ1) is 16.9. The Labute approximate surface area is 208 Å². The Balaban J connectivity index is 1.29. The van der Waals surface area contributed by atoms with E-state index in [-0.39, 0.29) is 11.8 Å². The highest BCUT2D eigenvalue weighted by Gasteiger charge is 2.28. The van der Waals surface area contributed by atoms with Crippen LogP contribution in [0.3, 0.4) is 0 Å². The molecule has 1 fully saturated rings. The summed E-state index contributed by atoms with van der Waals surface area (Å²) in [7, 11) is -3.18. The van der Waals surface area contributed by atoms with Crippen molar-refractivity contribution >= 4 is 36.7 Å². The number of pyridine rings is 1. The Morgan fingerprint density at radius 2 is 2.06 bits per heavy atom. The summed E-state index contributed by atoms with van der Waals surface area (Å²) >= 11 is 1.54. The highest BCUT2D eigenvalue weighted by molar-refractivity contribution is 7.89. The summed E-state index contributed by atoms with van der Waals surface area (Å²) in [5.41, 5.74) is 2.62. The van der Waals surface area contributed by atoms with E-state index in [1.807, 2.05) is 48.1 Å². The van der Waals surface area contributed by atoms with Crippen LogP contribution in [0, 0.1) is 0 Å². The van der Waals surface area contributed by atoms with Crippen molar-refractivity contribution in [1.29, 1.82) is 0 Å². The van der Waals surface area contributed by atoms with Gasteiger partial charge in [-0.2, -0.15) is 9.40 Å². The van der Waals surface area contributed by atoms with Gasteiger partial charge in [-0.25, -0.2) is 13.4 Å². The second-order valence-electron chi connectivity index (χ2n) is 8.45. The summed E-state index contributed by atoms with van der Waals surface area (Å²) in [4.78, 5) is 9.13. The number of ether oxygens (including phenoxy) is 1. The molecule has 0 bridgehead atoms. The van der Waals surface area contributed by atoms with Gasteiger partial charge in [0.15, 0.2) is 5.13 Å². The van der Waals surface area contributed by atoms with E-state index >= 15 is 0 Å². The Bertz CT molecular complexity index is 1430. The molecule has 4 aromatic rings. The van der Waals surface area contributed by atoms with Crippen LogP contribution in [0.4, 0.5) is 5.13 Å². The number of rotatable bonds is 8. The minimum Gasteiger partial charge on any atom is -0.457 e. The van der Waals surface area contributed by atoms with Gasteiger partial charge in [0.2, 0.25) is 10.0 Å². The molecule has 184 valence electrons. The zero-order valence-corrected chi connectivity index (χ0v) is 21.3. The molecule has 1 saturated heterocycles. The number of nitrogens with one attached hydrogen (secondary N) is 1. The highest BCUT2D eigenvalue weighted by Crippen LogP contribution is 2.33. The molecule has 1 aromatic carbocycles. The van der Waals surface area contributed by atoms with Gasteiger partial charge < -0.3 is 10.1 Å². The lowest BCUT2D eigenvalue weighted by Crippen LogP contribution is -2.45. The van der Waals surface area contributed by atoms with Crippen molar-refractivity contribution in [3.63, 3.8) is 0 Å². The number of fused-ring (bicyclic) bond motifs is 1. The average molecular weight is 513 g/mol. The summed E-state index contributed by atoms with van der Waals surface area (Å²) in [6, 6.07) is 9.60. The normalized spacial score (nSPS) is 17.0. The van der Waals surface area contributed by atoms with Gasteiger partial charge >= 0.3 is 0 Å². The fourth-order valence-electron chi connectivity index (χ4n) is 4.14. The molecule has 0 aliphatic carbocycles. The molecular weight excluding hydrogens is 484 g/mol. The highest BCUT2D eigenvalue weighted by atomic mass is 32.2. The molecule has 0 radical (unpaired) electrons. The molecule has 11 heteroatoms. The minimum absolute atomic E-state index is 0.0497. The van der Waals surface area contributed by atoms with Crippen molar-refractivity contribution in [1.82, 2.24) is 24.1 Å². The van der Waals surface area contributed by atoms with Crippen molar-refractivity contribution in [2.24, 2.45) is 0 Å². The number of benzene rings is 1. The van der Waals surface area contributed by atoms with Crippen molar-refractivity contribution in [3.05, 3.63) is 48.9 Å². The van der Waals surface area contributed by atoms with Gasteiger partial charge in [-0.05, 0) is 44.9 Å². The van der Waals surface area contributed by atoms with Crippen molar-refractivity contribution in [2.45, 2.75) is 39.3 Å². The Hall–Kier alpha value is -3.02. The predicted molar refractivity (Wildman–Crippen MR) is 139 cm³/mol. The molecule has 5 rings (SSSR count). The molecule has 3 aromatic heterocycles. The van der Waals surface area contributed by atoms with Gasteiger partial charge in [0.25, 0.3) is 0 Å². The maximum absolute atomic E-state index is 12.3. The molecule has 35 heavy (non-hydrogen) atoms. The lowest BCUT2D eigenvalue weighted by Gasteiger charge is -2.31. The molecule has 1 aliphatic heterocycles. The molecule has 0 amide bonds. The van der Waals surface area contributed by atoms with Crippen molar-refractivity contribution in [2.75, 3.05) is 24.2 Å². The smallest absolute Gasteiger partial charge is 0.213 e. The minimum atomic E-state index is -3.18. The van der Waals surface area contributed by atoms with E-state index in [1.54, 1.807) is 35.0 Å². The van der Waals surface area contributed by atoms with Crippen LogP contribution in [0.5, 0.6) is 11.5 Å². The third-order valence-electron chi connectivity index (χ3n) is 6.05. The lowest BCUT2D eigenvalue weighted by atomic mass is 10.1. The van der Waals surface area contributed by atoms with Crippen LogP contribution in [0.15, 0.2) is 48.9 Å². The summed E-state index contributed by atoms with van der Waals surface area (Å²) in [6.45, 7) is 5.60. The van der Waals surface area contributed by atoms with Crippen LogP contribution in [0.25, 0.3) is 21.5 Å². The summed E-state index contributed by atoms with van der Waals surface area (Å²) < 4.78 is 35.1. The summed E-state index contributed by atoms with van der Waals surface area (Å²) in [6.07, 6.45) is 7.26. The number of aromatic nitrogens is 4. The second kappa shape index (κ2) is 9.92. The largest absolute Gasteiger partial charge is 0.457 e. The van der Waals surface area contributed by atoms with E-state index < -0.39 is 10.0 Å². The molecule has 1 aliphatic rings. The average Bonchev–Trinajstić information content (AvgIpc) is 3.51. The van der Waals surface area contributed by atoms with Crippen LogP contribution in [-0.4, -0.2) is 57.4 Å². The summed E-state index contributed by atoms with van der Waals surface area (Å²) in [5.74, 6) is 1.54. The van der Waals surface area contributed by atoms with Gasteiger partial charge in [0.05, 0.1) is 27.9 Å². The van der Waals surface area contributed by atoms with Crippen LogP contribution in [-0.2, 0) is 16.6 Å². The van der Waals surface area contributed by atoms with Gasteiger partial charge in [-0.3, -0.25) is 9.67 Å². The standard InChI is InChI=1S/C24H28N6O3S2/c1-3-29-15-17(14-26-29)22-12-20(9-10-25-22)33-19-7-8-21-23(13-19)34-24(28-21)27-18-6-5-11-30(16-18)35(31,32)4-2/h7-10,12-15,18H,3-6,11,16H2,1-2H3,(H,27,28).